The standard InChI is InChI=1S/C15H17N3O2/c1-19-7-6-16-8-11-9-17-15(18-11)13-10-20-14-5-3-2-4-12(13)14/h2-5,9-10,16H,6-8H2,1H3,(H,17,18). The molecule has 0 saturated heterocycles. The van der Waals surface area contributed by atoms with Crippen LogP contribution in [0.4, 0.5) is 0 Å². The topological polar surface area (TPSA) is 63.1 Å². The molecule has 1 aromatic carbocycles. The number of hydrogen-bond acceptors (Lipinski definition) is 4. The van der Waals surface area contributed by atoms with E-state index in [1.54, 1.807) is 13.4 Å². The average molecular weight is 271 g/mol. The van der Waals surface area contributed by atoms with E-state index in [1.165, 1.54) is 0 Å². The van der Waals surface area contributed by atoms with Crippen molar-refractivity contribution in [1.29, 1.82) is 0 Å². The van der Waals surface area contributed by atoms with Gasteiger partial charge in [-0.15, -0.1) is 0 Å². The van der Waals surface area contributed by atoms with Crippen LogP contribution in [0.3, 0.4) is 0 Å². The van der Waals surface area contributed by atoms with Crippen molar-refractivity contribution >= 4 is 11.0 Å². The molecular weight excluding hydrogens is 254 g/mol. The van der Waals surface area contributed by atoms with E-state index >= 15 is 0 Å². The smallest absolute Gasteiger partial charge is 0.141 e. The molecule has 0 aliphatic heterocycles. The maximum atomic E-state index is 5.53. The monoisotopic (exact) mass is 271 g/mol. The van der Waals surface area contributed by atoms with Crippen molar-refractivity contribution in [2.45, 2.75) is 6.54 Å². The van der Waals surface area contributed by atoms with Crippen molar-refractivity contribution in [1.82, 2.24) is 15.3 Å². The third kappa shape index (κ3) is 2.59. The first-order valence-corrected chi connectivity index (χ1v) is 6.58. The summed E-state index contributed by atoms with van der Waals surface area (Å²) in [6, 6.07) is 7.95. The molecule has 0 bridgehead atoms. The highest BCUT2D eigenvalue weighted by Crippen LogP contribution is 2.28. The number of ether oxygens (including phenoxy) is 1. The fraction of sp³-hybridized carbons (Fsp3) is 0.267. The molecule has 20 heavy (non-hydrogen) atoms. The number of aromatic nitrogens is 2. The summed E-state index contributed by atoms with van der Waals surface area (Å²) in [5.74, 6) is 0.832. The van der Waals surface area contributed by atoms with Gasteiger partial charge >= 0.3 is 0 Å². The summed E-state index contributed by atoms with van der Waals surface area (Å²) in [6.45, 7) is 2.26. The highest BCUT2D eigenvalue weighted by atomic mass is 16.5. The number of nitrogens with one attached hydrogen (secondary N) is 2. The normalized spacial score (nSPS) is 11.2. The molecule has 0 saturated carbocycles. The largest absolute Gasteiger partial charge is 0.464 e. The Bertz CT molecular complexity index is 687. The molecule has 5 heteroatoms. The summed E-state index contributed by atoms with van der Waals surface area (Å²) in [6.07, 6.45) is 3.59. The number of methoxy groups -OCH3 is 1. The van der Waals surface area contributed by atoms with E-state index in [4.69, 9.17) is 9.15 Å². The summed E-state index contributed by atoms with van der Waals surface area (Å²) in [4.78, 5) is 7.73. The highest BCUT2D eigenvalue weighted by molar-refractivity contribution is 5.91. The van der Waals surface area contributed by atoms with E-state index in [0.717, 1.165) is 41.1 Å². The lowest BCUT2D eigenvalue weighted by atomic mass is 10.2. The zero-order valence-electron chi connectivity index (χ0n) is 11.3. The number of rotatable bonds is 6. The molecule has 0 spiro atoms. The predicted octanol–water partition coefficient (Wildman–Crippen LogP) is 2.56. The molecule has 0 radical (unpaired) electrons. The van der Waals surface area contributed by atoms with E-state index in [0.29, 0.717) is 6.61 Å². The van der Waals surface area contributed by atoms with Gasteiger partial charge in [0.05, 0.1) is 12.2 Å². The second-order valence-electron chi connectivity index (χ2n) is 4.57. The zero-order valence-corrected chi connectivity index (χ0v) is 11.3. The van der Waals surface area contributed by atoms with Gasteiger partial charge in [0, 0.05) is 37.5 Å². The third-order valence-electron chi connectivity index (χ3n) is 3.16. The molecule has 0 amide bonds. The van der Waals surface area contributed by atoms with Crippen LogP contribution in [0.1, 0.15) is 5.69 Å². The number of H-pyrrole nitrogens is 1. The molecule has 3 rings (SSSR count). The van der Waals surface area contributed by atoms with Gasteiger partial charge in [0.25, 0.3) is 0 Å². The molecule has 104 valence electrons. The summed E-state index contributed by atoms with van der Waals surface area (Å²) in [5, 5.41) is 4.35. The maximum Gasteiger partial charge on any atom is 0.141 e. The number of imidazole rings is 1. The Balaban J connectivity index is 1.76. The minimum Gasteiger partial charge on any atom is -0.464 e. The maximum absolute atomic E-state index is 5.53. The molecule has 2 heterocycles. The fourth-order valence-electron chi connectivity index (χ4n) is 2.14. The Hall–Kier alpha value is -2.11. The third-order valence-corrected chi connectivity index (χ3v) is 3.16. The van der Waals surface area contributed by atoms with E-state index in [1.807, 2.05) is 30.5 Å². The Morgan fingerprint density at radius 1 is 1.35 bits per heavy atom. The van der Waals surface area contributed by atoms with Gasteiger partial charge in [0.1, 0.15) is 17.7 Å². The molecule has 2 N–H and O–H groups in total. The van der Waals surface area contributed by atoms with E-state index in [-0.39, 0.29) is 0 Å². The Morgan fingerprint density at radius 2 is 2.25 bits per heavy atom. The lowest BCUT2D eigenvalue weighted by Crippen LogP contribution is -2.18. The molecule has 0 aliphatic carbocycles. The molecule has 5 nitrogen and oxygen atoms in total. The zero-order chi connectivity index (χ0) is 13.8. The molecule has 0 unspecified atom stereocenters. The molecule has 0 aliphatic rings. The van der Waals surface area contributed by atoms with Gasteiger partial charge in [-0.25, -0.2) is 4.98 Å². The molecule has 0 fully saturated rings. The van der Waals surface area contributed by atoms with Crippen LogP contribution in [0.2, 0.25) is 0 Å². The quantitative estimate of drug-likeness (QED) is 0.676. The lowest BCUT2D eigenvalue weighted by Gasteiger charge is -2.01. The van der Waals surface area contributed by atoms with Gasteiger partial charge < -0.3 is 19.5 Å². The summed E-state index contributed by atoms with van der Waals surface area (Å²) in [5.41, 5.74) is 2.91. The summed E-state index contributed by atoms with van der Waals surface area (Å²) < 4.78 is 10.5. The van der Waals surface area contributed by atoms with Crippen LogP contribution in [-0.4, -0.2) is 30.2 Å². The minimum atomic E-state index is 0.702. The molecule has 2 aromatic heterocycles. The Kier molecular flexibility index (Phi) is 3.80. The average Bonchev–Trinajstić information content (AvgIpc) is 3.10. The van der Waals surface area contributed by atoms with Gasteiger partial charge in [-0.3, -0.25) is 0 Å². The molecule has 3 aromatic rings. The number of nitrogens with zero attached hydrogens (tertiary/aromatic N) is 1. The molecular formula is C15H17N3O2. The first-order valence-electron chi connectivity index (χ1n) is 6.58. The van der Waals surface area contributed by atoms with Crippen LogP contribution in [0.25, 0.3) is 22.4 Å². The molecule has 0 atom stereocenters. The second kappa shape index (κ2) is 5.90. The van der Waals surface area contributed by atoms with E-state index < -0.39 is 0 Å². The van der Waals surface area contributed by atoms with Crippen molar-refractivity contribution in [2.24, 2.45) is 0 Å². The van der Waals surface area contributed by atoms with Gasteiger partial charge in [-0.05, 0) is 6.07 Å². The number of para-hydroxylation sites is 1. The SMILES string of the molecule is COCCNCc1cnc(-c2coc3ccccc23)[nH]1. The number of benzene rings is 1. The lowest BCUT2D eigenvalue weighted by molar-refractivity contribution is 0.199. The van der Waals surface area contributed by atoms with Gasteiger partial charge in [-0.2, -0.15) is 0 Å². The fourth-order valence-corrected chi connectivity index (χ4v) is 2.14. The van der Waals surface area contributed by atoms with Crippen molar-refractivity contribution in [3.63, 3.8) is 0 Å². The summed E-state index contributed by atoms with van der Waals surface area (Å²) >= 11 is 0. The number of hydrogen-bond donors (Lipinski definition) is 2. The van der Waals surface area contributed by atoms with Crippen LogP contribution >= 0.6 is 0 Å². The van der Waals surface area contributed by atoms with Crippen LogP contribution < -0.4 is 5.32 Å². The van der Waals surface area contributed by atoms with E-state index in [9.17, 15) is 0 Å². The van der Waals surface area contributed by atoms with Crippen molar-refractivity contribution in [3.05, 3.63) is 42.4 Å². The number of furan rings is 1. The van der Waals surface area contributed by atoms with Crippen LogP contribution in [0.5, 0.6) is 0 Å². The minimum absolute atomic E-state index is 0.702. The predicted molar refractivity (Wildman–Crippen MR) is 77.4 cm³/mol. The van der Waals surface area contributed by atoms with E-state index in [2.05, 4.69) is 15.3 Å². The van der Waals surface area contributed by atoms with Gasteiger partial charge in [0.15, 0.2) is 0 Å². The van der Waals surface area contributed by atoms with Crippen molar-refractivity contribution < 1.29 is 9.15 Å². The first kappa shape index (κ1) is 12.9. The summed E-state index contributed by atoms with van der Waals surface area (Å²) in [7, 11) is 1.69. The first-order chi connectivity index (χ1) is 9.88. The Morgan fingerprint density at radius 3 is 3.15 bits per heavy atom. The van der Waals surface area contributed by atoms with Crippen LogP contribution in [-0.2, 0) is 11.3 Å². The number of fused-ring (bicyclic) bond motifs is 1. The van der Waals surface area contributed by atoms with Crippen molar-refractivity contribution in [2.75, 3.05) is 20.3 Å². The van der Waals surface area contributed by atoms with Crippen LogP contribution in [0, 0.1) is 0 Å². The van der Waals surface area contributed by atoms with Crippen LogP contribution in [0.15, 0.2) is 41.1 Å². The second-order valence-corrected chi connectivity index (χ2v) is 4.57. The van der Waals surface area contributed by atoms with Crippen molar-refractivity contribution in [3.8, 4) is 11.4 Å². The highest BCUT2D eigenvalue weighted by Gasteiger charge is 2.10. The van der Waals surface area contributed by atoms with Gasteiger partial charge in [0.2, 0.25) is 0 Å². The van der Waals surface area contributed by atoms with Gasteiger partial charge in [-0.1, -0.05) is 18.2 Å². The Labute approximate surface area is 117 Å². The number of aromatic amines is 1.